The van der Waals surface area contributed by atoms with Gasteiger partial charge in [-0.05, 0) is 38.3 Å². The summed E-state index contributed by atoms with van der Waals surface area (Å²) in [5, 5.41) is 4.26. The second kappa shape index (κ2) is 5.77. The highest BCUT2D eigenvalue weighted by Gasteiger charge is 2.32. The summed E-state index contributed by atoms with van der Waals surface area (Å²) in [5.41, 5.74) is 1.55. The van der Waals surface area contributed by atoms with Crippen LogP contribution in [-0.2, 0) is 0 Å². The number of nitrogens with one attached hydrogen (secondary N) is 2. The molecule has 4 rings (SSSR count). The van der Waals surface area contributed by atoms with Gasteiger partial charge in [0.25, 0.3) is 11.1 Å². The number of aromatic nitrogens is 3. The van der Waals surface area contributed by atoms with Crippen molar-refractivity contribution in [1.29, 1.82) is 0 Å². The van der Waals surface area contributed by atoms with Crippen molar-refractivity contribution in [3.05, 3.63) is 62.2 Å². The molecule has 0 bridgehead atoms. The van der Waals surface area contributed by atoms with Crippen molar-refractivity contribution in [2.24, 2.45) is 4.99 Å². The third-order valence-electron chi connectivity index (χ3n) is 4.33. The van der Waals surface area contributed by atoms with Crippen LogP contribution in [0.3, 0.4) is 0 Å². The number of H-pyrrole nitrogens is 2. The number of aromatic amines is 2. The molecule has 0 fully saturated rings. The molecular weight excluding hydrogens is 336 g/mol. The van der Waals surface area contributed by atoms with Crippen LogP contribution < -0.4 is 11.1 Å². The van der Waals surface area contributed by atoms with Gasteiger partial charge in [0.2, 0.25) is 0 Å². The number of fused-ring (bicyclic) bond motifs is 2. The minimum Gasteiger partial charge on any atom is -0.322 e. The highest BCUT2D eigenvalue weighted by molar-refractivity contribution is 8.14. The van der Waals surface area contributed by atoms with Gasteiger partial charge < -0.3 is 4.98 Å². The average molecular weight is 354 g/mol. The van der Waals surface area contributed by atoms with Gasteiger partial charge in [0, 0.05) is 17.1 Å². The van der Waals surface area contributed by atoms with E-state index in [2.05, 4.69) is 15.1 Å². The molecule has 0 saturated heterocycles. The maximum atomic E-state index is 12.7. The molecule has 6 nitrogen and oxygen atoms in total. The van der Waals surface area contributed by atoms with Crippen LogP contribution >= 0.6 is 11.8 Å². The zero-order chi connectivity index (χ0) is 17.7. The summed E-state index contributed by atoms with van der Waals surface area (Å²) in [6, 6.07) is 9.59. The quantitative estimate of drug-likeness (QED) is 0.739. The molecule has 2 N–H and O–H groups in total. The number of hydrogen-bond acceptors (Lipinski definition) is 4. The maximum Gasteiger partial charge on any atom is 0.271 e. The van der Waals surface area contributed by atoms with Crippen LogP contribution in [0.2, 0.25) is 0 Å². The fourth-order valence-electron chi connectivity index (χ4n) is 3.16. The van der Waals surface area contributed by atoms with Gasteiger partial charge in [0.15, 0.2) is 5.82 Å². The molecule has 0 amide bonds. The van der Waals surface area contributed by atoms with Crippen molar-refractivity contribution >= 4 is 33.5 Å². The van der Waals surface area contributed by atoms with E-state index in [1.54, 1.807) is 4.68 Å². The zero-order valence-corrected chi connectivity index (χ0v) is 15.0. The van der Waals surface area contributed by atoms with Crippen LogP contribution in [0.25, 0.3) is 10.9 Å². The van der Waals surface area contributed by atoms with Crippen molar-refractivity contribution in [3.63, 3.8) is 0 Å². The molecule has 1 aliphatic rings. The number of hydrogen-bond donors (Lipinski definition) is 2. The fraction of sp³-hybridized carbons (Fsp3) is 0.278. The number of para-hydroxylation sites is 1. The lowest BCUT2D eigenvalue weighted by atomic mass is 10.1. The molecule has 1 aromatic carbocycles. The fourth-order valence-corrected chi connectivity index (χ4v) is 4.27. The standard InChI is InChI=1S/C18H18N4O2S/c1-9(2)22-16-14(18(24)21-22)15(25-10(3)19-16)12-8-11-6-4-5-7-13(11)20-17(12)23/h4-9,15H,1-3H3,(H,20,23)(H,21,24)/t15-/m0/s1. The lowest BCUT2D eigenvalue weighted by Crippen LogP contribution is -2.21. The van der Waals surface area contributed by atoms with Crippen LogP contribution in [0.1, 0.15) is 43.2 Å². The first kappa shape index (κ1) is 16.0. The van der Waals surface area contributed by atoms with Gasteiger partial charge in [-0.1, -0.05) is 30.0 Å². The molecule has 3 heterocycles. The number of pyridine rings is 1. The smallest absolute Gasteiger partial charge is 0.271 e. The van der Waals surface area contributed by atoms with E-state index >= 15 is 0 Å². The molecule has 25 heavy (non-hydrogen) atoms. The average Bonchev–Trinajstić information content (AvgIpc) is 2.90. The van der Waals surface area contributed by atoms with Crippen LogP contribution in [0.4, 0.5) is 5.82 Å². The normalized spacial score (nSPS) is 17.0. The van der Waals surface area contributed by atoms with E-state index in [0.717, 1.165) is 15.9 Å². The monoisotopic (exact) mass is 354 g/mol. The molecule has 3 aromatic rings. The Kier molecular flexibility index (Phi) is 3.68. The Morgan fingerprint density at radius 1 is 1.20 bits per heavy atom. The molecule has 0 radical (unpaired) electrons. The third-order valence-corrected chi connectivity index (χ3v) is 5.49. The Morgan fingerprint density at radius 3 is 2.72 bits per heavy atom. The molecule has 1 aliphatic heterocycles. The van der Waals surface area contributed by atoms with E-state index in [1.807, 2.05) is 51.1 Å². The van der Waals surface area contributed by atoms with Crippen molar-refractivity contribution in [2.75, 3.05) is 0 Å². The Bertz CT molecular complexity index is 1120. The second-order valence-corrected chi connectivity index (χ2v) is 7.71. The summed E-state index contributed by atoms with van der Waals surface area (Å²) in [6.07, 6.45) is 0. The van der Waals surface area contributed by atoms with Crippen molar-refractivity contribution in [2.45, 2.75) is 32.1 Å². The Labute approximate surface area is 148 Å². The van der Waals surface area contributed by atoms with E-state index in [-0.39, 0.29) is 22.4 Å². The van der Waals surface area contributed by atoms with Gasteiger partial charge in [-0.2, -0.15) is 0 Å². The van der Waals surface area contributed by atoms with Crippen molar-refractivity contribution in [1.82, 2.24) is 14.8 Å². The number of thioether (sulfide) groups is 1. The van der Waals surface area contributed by atoms with Gasteiger partial charge in [-0.15, -0.1) is 0 Å². The van der Waals surface area contributed by atoms with Crippen LogP contribution in [0, 0.1) is 0 Å². The lowest BCUT2D eigenvalue weighted by Gasteiger charge is -2.21. The molecule has 0 saturated carbocycles. The largest absolute Gasteiger partial charge is 0.322 e. The number of benzene rings is 1. The maximum absolute atomic E-state index is 12.7. The summed E-state index contributed by atoms with van der Waals surface area (Å²) >= 11 is 1.44. The summed E-state index contributed by atoms with van der Waals surface area (Å²) < 4.78 is 1.77. The van der Waals surface area contributed by atoms with E-state index < -0.39 is 0 Å². The van der Waals surface area contributed by atoms with Gasteiger partial charge in [0.05, 0.1) is 15.9 Å². The Balaban J connectivity index is 1.97. The highest BCUT2D eigenvalue weighted by Crippen LogP contribution is 2.43. The predicted molar refractivity (Wildman–Crippen MR) is 102 cm³/mol. The van der Waals surface area contributed by atoms with E-state index in [1.165, 1.54) is 11.8 Å². The number of rotatable bonds is 2. The highest BCUT2D eigenvalue weighted by atomic mass is 32.2. The Morgan fingerprint density at radius 2 is 1.96 bits per heavy atom. The molecular formula is C18H18N4O2S. The minimum absolute atomic E-state index is 0.0756. The molecule has 128 valence electrons. The summed E-state index contributed by atoms with van der Waals surface area (Å²) in [6.45, 7) is 5.87. The summed E-state index contributed by atoms with van der Waals surface area (Å²) in [5.74, 6) is 0.619. The molecule has 0 aliphatic carbocycles. The second-order valence-electron chi connectivity index (χ2n) is 6.41. The number of nitrogens with zero attached hydrogens (tertiary/aromatic N) is 2. The van der Waals surface area contributed by atoms with E-state index in [9.17, 15) is 9.59 Å². The molecule has 7 heteroatoms. The topological polar surface area (TPSA) is 83.0 Å². The number of aliphatic imine (C=N–C) groups is 1. The van der Waals surface area contributed by atoms with Crippen molar-refractivity contribution in [3.8, 4) is 0 Å². The van der Waals surface area contributed by atoms with Crippen LogP contribution in [0.5, 0.6) is 0 Å². The third kappa shape index (κ3) is 2.55. The summed E-state index contributed by atoms with van der Waals surface area (Å²) in [4.78, 5) is 32.7. The van der Waals surface area contributed by atoms with Gasteiger partial charge in [0.1, 0.15) is 0 Å². The van der Waals surface area contributed by atoms with Gasteiger partial charge >= 0.3 is 0 Å². The van der Waals surface area contributed by atoms with Crippen LogP contribution in [-0.4, -0.2) is 19.8 Å². The molecule has 0 spiro atoms. The Hall–Kier alpha value is -2.54. The first-order valence-electron chi connectivity index (χ1n) is 8.14. The summed E-state index contributed by atoms with van der Waals surface area (Å²) in [7, 11) is 0. The zero-order valence-electron chi connectivity index (χ0n) is 14.2. The predicted octanol–water partition coefficient (Wildman–Crippen LogP) is 3.48. The van der Waals surface area contributed by atoms with Gasteiger partial charge in [-0.25, -0.2) is 4.99 Å². The van der Waals surface area contributed by atoms with E-state index in [0.29, 0.717) is 16.9 Å². The lowest BCUT2D eigenvalue weighted by molar-refractivity contribution is 0.533. The van der Waals surface area contributed by atoms with Crippen LogP contribution in [0.15, 0.2) is 44.9 Å². The SMILES string of the molecule is CC1=Nc2c(c(=O)[nH]n2C(C)C)[C@H](c2cc3ccccc3[nH]c2=O)S1. The molecule has 2 aromatic heterocycles. The van der Waals surface area contributed by atoms with Gasteiger partial charge in [-0.3, -0.25) is 19.4 Å². The molecule has 1 atom stereocenters. The van der Waals surface area contributed by atoms with Crippen molar-refractivity contribution < 1.29 is 0 Å². The van der Waals surface area contributed by atoms with E-state index in [4.69, 9.17) is 0 Å². The first-order chi connectivity index (χ1) is 12.0. The molecule has 0 unspecified atom stereocenters. The minimum atomic E-state index is -0.371. The first-order valence-corrected chi connectivity index (χ1v) is 9.02.